The molecular weight excluding hydrogens is 274 g/mol. The Morgan fingerprint density at radius 3 is 2.30 bits per heavy atom. The molecule has 0 heterocycles. The van der Waals surface area contributed by atoms with Crippen LogP contribution in [0, 0.1) is 5.41 Å². The number of methoxy groups -OCH3 is 1. The highest BCUT2D eigenvalue weighted by atomic mass is 32.2. The maximum absolute atomic E-state index is 11.8. The van der Waals surface area contributed by atoms with E-state index in [-0.39, 0.29) is 23.0 Å². The second kappa shape index (κ2) is 7.33. The number of carbonyl (C=O) groups is 2. The maximum atomic E-state index is 11.8. The summed E-state index contributed by atoms with van der Waals surface area (Å²) in [4.78, 5) is 23.8. The second-order valence-electron chi connectivity index (χ2n) is 5.67. The van der Waals surface area contributed by atoms with Crippen LogP contribution in [0.2, 0.25) is 0 Å². The predicted molar refractivity (Wildman–Crippen MR) is 81.9 cm³/mol. The Kier molecular flexibility index (Phi) is 6.07. The van der Waals surface area contributed by atoms with E-state index >= 15 is 0 Å². The summed E-state index contributed by atoms with van der Waals surface area (Å²) in [5.74, 6) is 0.0386. The van der Waals surface area contributed by atoms with E-state index in [0.717, 1.165) is 10.6 Å². The third kappa shape index (κ3) is 6.61. The largest absolute Gasteiger partial charge is 0.468 e. The lowest BCUT2D eigenvalue weighted by atomic mass is 9.92. The number of carbonyl (C=O) groups excluding carboxylic acids is 2. The Hall–Kier alpha value is -1.49. The van der Waals surface area contributed by atoms with Crippen LogP contribution in [-0.2, 0) is 14.3 Å². The first-order chi connectivity index (χ1) is 9.30. The van der Waals surface area contributed by atoms with Gasteiger partial charge in [-0.2, -0.15) is 0 Å². The third-order valence-corrected chi connectivity index (χ3v) is 3.40. The van der Waals surface area contributed by atoms with Crippen LogP contribution in [0.1, 0.15) is 27.2 Å². The van der Waals surface area contributed by atoms with Crippen molar-refractivity contribution in [1.29, 1.82) is 0 Å². The summed E-state index contributed by atoms with van der Waals surface area (Å²) in [7, 11) is 1.37. The van der Waals surface area contributed by atoms with Crippen molar-refractivity contribution < 1.29 is 14.3 Å². The molecule has 0 saturated carbocycles. The van der Waals surface area contributed by atoms with Gasteiger partial charge in [0.25, 0.3) is 0 Å². The fourth-order valence-corrected chi connectivity index (χ4v) is 2.25. The van der Waals surface area contributed by atoms with Gasteiger partial charge in [-0.1, -0.05) is 20.8 Å². The Bertz CT molecular complexity index is 463. The summed E-state index contributed by atoms with van der Waals surface area (Å²) >= 11 is 1.40. The van der Waals surface area contributed by atoms with E-state index in [0.29, 0.717) is 6.42 Å². The first-order valence-electron chi connectivity index (χ1n) is 6.40. The van der Waals surface area contributed by atoms with E-state index in [1.807, 2.05) is 45.0 Å². The molecule has 0 aromatic heterocycles. The van der Waals surface area contributed by atoms with Crippen LogP contribution in [-0.4, -0.2) is 24.7 Å². The third-order valence-electron chi connectivity index (χ3n) is 2.41. The Labute approximate surface area is 124 Å². The number of thioether (sulfide) groups is 1. The monoisotopic (exact) mass is 295 g/mol. The second-order valence-corrected chi connectivity index (χ2v) is 6.72. The molecule has 1 N–H and O–H groups in total. The van der Waals surface area contributed by atoms with Gasteiger partial charge in [0.05, 0.1) is 12.9 Å². The van der Waals surface area contributed by atoms with Gasteiger partial charge in [-0.15, -0.1) is 11.8 Å². The number of rotatable bonds is 5. The van der Waals surface area contributed by atoms with Crippen molar-refractivity contribution in [3.8, 4) is 0 Å². The zero-order valence-corrected chi connectivity index (χ0v) is 13.2. The molecule has 1 rings (SSSR count). The molecular formula is C15H21NO3S. The minimum absolute atomic E-state index is 0.00691. The van der Waals surface area contributed by atoms with Gasteiger partial charge in [0, 0.05) is 17.0 Å². The molecule has 0 radical (unpaired) electrons. The van der Waals surface area contributed by atoms with Gasteiger partial charge >= 0.3 is 5.97 Å². The summed E-state index contributed by atoms with van der Waals surface area (Å²) < 4.78 is 4.58. The van der Waals surface area contributed by atoms with Crippen molar-refractivity contribution in [2.75, 3.05) is 18.2 Å². The molecule has 110 valence electrons. The quantitative estimate of drug-likeness (QED) is 0.669. The van der Waals surface area contributed by atoms with Crippen molar-refractivity contribution in [3.63, 3.8) is 0 Å². The lowest BCUT2D eigenvalue weighted by Crippen LogP contribution is -2.19. The molecule has 0 saturated heterocycles. The molecule has 1 amide bonds. The van der Waals surface area contributed by atoms with Crippen molar-refractivity contribution in [2.24, 2.45) is 5.41 Å². The minimum atomic E-state index is -0.252. The highest BCUT2D eigenvalue weighted by molar-refractivity contribution is 8.00. The van der Waals surface area contributed by atoms with E-state index in [1.165, 1.54) is 18.9 Å². The molecule has 0 bridgehead atoms. The minimum Gasteiger partial charge on any atom is -0.468 e. The first-order valence-corrected chi connectivity index (χ1v) is 7.38. The highest BCUT2D eigenvalue weighted by Crippen LogP contribution is 2.22. The van der Waals surface area contributed by atoms with Crippen molar-refractivity contribution in [3.05, 3.63) is 24.3 Å². The van der Waals surface area contributed by atoms with Crippen LogP contribution in [0.25, 0.3) is 0 Å². The molecule has 0 unspecified atom stereocenters. The number of hydrogen-bond acceptors (Lipinski definition) is 4. The Morgan fingerprint density at radius 1 is 1.20 bits per heavy atom. The SMILES string of the molecule is COC(=O)CSc1ccc(NC(=O)CC(C)(C)C)cc1. The van der Waals surface area contributed by atoms with Crippen LogP contribution in [0.5, 0.6) is 0 Å². The van der Waals surface area contributed by atoms with Crippen molar-refractivity contribution >= 4 is 29.3 Å². The lowest BCUT2D eigenvalue weighted by Gasteiger charge is -2.17. The topological polar surface area (TPSA) is 55.4 Å². The average molecular weight is 295 g/mol. The van der Waals surface area contributed by atoms with E-state index in [2.05, 4.69) is 10.1 Å². The zero-order chi connectivity index (χ0) is 15.2. The van der Waals surface area contributed by atoms with Gasteiger partial charge in [0.15, 0.2) is 0 Å². The summed E-state index contributed by atoms with van der Waals surface area (Å²) in [5, 5.41) is 2.86. The summed E-state index contributed by atoms with van der Waals surface area (Å²) in [6.45, 7) is 6.08. The number of anilines is 1. The van der Waals surface area contributed by atoms with Gasteiger partial charge in [-0.25, -0.2) is 0 Å². The predicted octanol–water partition coefficient (Wildman–Crippen LogP) is 3.33. The van der Waals surface area contributed by atoms with E-state index in [1.54, 1.807) is 0 Å². The number of benzene rings is 1. The fraction of sp³-hybridized carbons (Fsp3) is 0.467. The molecule has 4 nitrogen and oxygen atoms in total. The van der Waals surface area contributed by atoms with Gasteiger partial charge in [0.1, 0.15) is 0 Å². The molecule has 0 aliphatic heterocycles. The smallest absolute Gasteiger partial charge is 0.315 e. The Balaban J connectivity index is 2.50. The van der Waals surface area contributed by atoms with E-state index in [9.17, 15) is 9.59 Å². The van der Waals surface area contributed by atoms with Crippen molar-refractivity contribution in [2.45, 2.75) is 32.1 Å². The number of hydrogen-bond donors (Lipinski definition) is 1. The van der Waals surface area contributed by atoms with Crippen LogP contribution < -0.4 is 5.32 Å². The normalized spacial score (nSPS) is 11.0. The van der Waals surface area contributed by atoms with Crippen LogP contribution in [0.4, 0.5) is 5.69 Å². The zero-order valence-electron chi connectivity index (χ0n) is 12.4. The van der Waals surface area contributed by atoms with Crippen molar-refractivity contribution in [1.82, 2.24) is 0 Å². The number of ether oxygens (including phenoxy) is 1. The molecule has 0 aliphatic carbocycles. The molecule has 1 aromatic rings. The molecule has 5 heteroatoms. The van der Waals surface area contributed by atoms with Gasteiger partial charge in [-0.05, 0) is 29.7 Å². The molecule has 20 heavy (non-hydrogen) atoms. The molecule has 1 aromatic carbocycles. The standard InChI is InChI=1S/C15H21NO3S/c1-15(2,3)9-13(17)16-11-5-7-12(8-6-11)20-10-14(18)19-4/h5-8H,9-10H2,1-4H3,(H,16,17). The summed E-state index contributed by atoms with van der Waals surface area (Å²) in [6.07, 6.45) is 0.478. The summed E-state index contributed by atoms with van der Waals surface area (Å²) in [5.41, 5.74) is 0.738. The maximum Gasteiger partial charge on any atom is 0.315 e. The van der Waals surface area contributed by atoms with E-state index in [4.69, 9.17) is 0 Å². The van der Waals surface area contributed by atoms with Crippen LogP contribution >= 0.6 is 11.8 Å². The van der Waals surface area contributed by atoms with Crippen LogP contribution in [0.15, 0.2) is 29.2 Å². The van der Waals surface area contributed by atoms with Crippen LogP contribution in [0.3, 0.4) is 0 Å². The molecule has 0 atom stereocenters. The van der Waals surface area contributed by atoms with Gasteiger partial charge in [0.2, 0.25) is 5.91 Å². The van der Waals surface area contributed by atoms with E-state index < -0.39 is 0 Å². The number of nitrogens with one attached hydrogen (secondary N) is 1. The lowest BCUT2D eigenvalue weighted by molar-refractivity contribution is -0.137. The first kappa shape index (κ1) is 16.6. The average Bonchev–Trinajstić information content (AvgIpc) is 2.35. The summed E-state index contributed by atoms with van der Waals surface area (Å²) in [6, 6.07) is 7.42. The fourth-order valence-electron chi connectivity index (χ4n) is 1.52. The number of esters is 1. The molecule has 0 fully saturated rings. The van der Waals surface area contributed by atoms with Gasteiger partial charge < -0.3 is 10.1 Å². The van der Waals surface area contributed by atoms with Gasteiger partial charge in [-0.3, -0.25) is 9.59 Å². The molecule has 0 aliphatic rings. The number of amides is 1. The Morgan fingerprint density at radius 2 is 1.80 bits per heavy atom. The molecule has 0 spiro atoms. The highest BCUT2D eigenvalue weighted by Gasteiger charge is 2.15.